The monoisotopic (exact) mass is 109 g/mol. The van der Waals surface area contributed by atoms with Crippen LogP contribution in [0.1, 0.15) is 0 Å². The lowest BCUT2D eigenvalue weighted by atomic mass is 13.9. The van der Waals surface area contributed by atoms with Gasteiger partial charge in [0.05, 0.1) is 10.4 Å². The van der Waals surface area contributed by atoms with Crippen LogP contribution in [0.15, 0.2) is 0 Å². The average Bonchev–Trinajstić information content (AvgIpc) is 1.37. The summed E-state index contributed by atoms with van der Waals surface area (Å²) in [5.41, 5.74) is 0. The molecule has 0 amide bonds. The maximum atomic E-state index is 3.98. The van der Waals surface area contributed by atoms with Crippen molar-refractivity contribution in [1.82, 2.24) is 4.65 Å². The molecule has 0 aliphatic carbocycles. The highest BCUT2D eigenvalue weighted by molar-refractivity contribution is 8.06. The highest BCUT2D eigenvalue weighted by atomic mass is 32.3. The van der Waals surface area contributed by atoms with Gasteiger partial charge >= 0.3 is 0 Å². The van der Waals surface area contributed by atoms with Crippen molar-refractivity contribution >= 4 is 31.3 Å². The lowest BCUT2D eigenvalue weighted by molar-refractivity contribution is 1.67. The molecule has 0 aliphatic heterocycles. The van der Waals surface area contributed by atoms with Crippen LogP contribution in [0.2, 0.25) is 0 Å². The number of nitrogens with one attached hydrogen (secondary N) is 1. The van der Waals surface area contributed by atoms with Crippen LogP contribution in [-0.4, -0.2) is 19.2 Å². The van der Waals surface area contributed by atoms with Crippen LogP contribution in [-0.2, 0) is 0 Å². The topological polar surface area (TPSA) is 12.0 Å². The summed E-state index contributed by atoms with van der Waals surface area (Å²) < 4.78 is 3.07. The summed E-state index contributed by atoms with van der Waals surface area (Å²) in [4.78, 5) is 0. The zero-order chi connectivity index (χ0) is 3.41. The zero-order valence-corrected chi connectivity index (χ0v) is 6.96. The van der Waals surface area contributed by atoms with Crippen LogP contribution in [0.5, 0.6) is 0 Å². The maximum Gasteiger partial charge on any atom is 0.144 e. The average molecular weight is 109 g/mol. The van der Waals surface area contributed by atoms with E-state index in [1.165, 1.54) is 0 Å². The lowest BCUT2D eigenvalue weighted by Crippen LogP contribution is -2.06. The zero-order valence-electron chi connectivity index (χ0n) is 2.65. The van der Waals surface area contributed by atoms with E-state index in [0.29, 0.717) is 0 Å². The Bertz CT molecular complexity index is 8.00. The van der Waals surface area contributed by atoms with Crippen molar-refractivity contribution in [1.29, 1.82) is 0 Å². The Morgan fingerprint density at radius 1 is 2.00 bits per heavy atom. The van der Waals surface area contributed by atoms with Gasteiger partial charge in [0, 0.05) is 0 Å². The molecule has 0 unspecified atom stereocenters. The standard InChI is InChI=1S/H7NSSi2/c2-4-1-3/h1-2H,4H2,3H3. The molecule has 0 aromatic rings. The van der Waals surface area contributed by atoms with E-state index in [9.17, 15) is 0 Å². The molecule has 4 heavy (non-hydrogen) atoms. The van der Waals surface area contributed by atoms with Gasteiger partial charge in [-0.15, -0.1) is 0 Å². The van der Waals surface area contributed by atoms with Gasteiger partial charge < -0.3 is 4.65 Å². The van der Waals surface area contributed by atoms with Gasteiger partial charge in [0.25, 0.3) is 0 Å². The second-order valence-corrected chi connectivity index (χ2v) is 4.61. The van der Waals surface area contributed by atoms with E-state index in [4.69, 9.17) is 0 Å². The van der Waals surface area contributed by atoms with Gasteiger partial charge in [-0.05, 0) is 0 Å². The van der Waals surface area contributed by atoms with E-state index in [1.807, 2.05) is 0 Å². The second kappa shape index (κ2) is 3.74. The van der Waals surface area contributed by atoms with Crippen LogP contribution in [0.3, 0.4) is 0 Å². The third-order valence-corrected chi connectivity index (χ3v) is 4.27. The molecule has 26 valence electrons. The van der Waals surface area contributed by atoms with Crippen molar-refractivity contribution in [3.8, 4) is 0 Å². The van der Waals surface area contributed by atoms with Crippen molar-refractivity contribution in [2.24, 2.45) is 0 Å². The van der Waals surface area contributed by atoms with Gasteiger partial charge in [-0.3, -0.25) is 0 Å². The first-order valence-corrected chi connectivity index (χ1v) is 5.41. The first-order chi connectivity index (χ1) is 1.91. The summed E-state index contributed by atoms with van der Waals surface area (Å²) in [5, 5.41) is 0. The molecular weight excluding hydrogens is 102 g/mol. The highest BCUT2D eigenvalue weighted by Gasteiger charge is 1.54. The first kappa shape index (κ1) is 4.74. The Morgan fingerprint density at radius 2 is 2.25 bits per heavy atom. The summed E-state index contributed by atoms with van der Waals surface area (Å²) in [5.74, 6) is 0. The van der Waals surface area contributed by atoms with Gasteiger partial charge in [0.1, 0.15) is 8.83 Å². The molecule has 0 rings (SSSR count). The smallest absolute Gasteiger partial charge is 0.144 e. The molecular formula is H7NSSi2. The normalized spacial score (nSPS) is 11.2. The molecule has 0 radical (unpaired) electrons. The number of rotatable bonds is 1. The van der Waals surface area contributed by atoms with Crippen molar-refractivity contribution in [2.45, 2.75) is 0 Å². The predicted molar refractivity (Wildman–Crippen MR) is 30.6 cm³/mol. The SMILES string of the molecule is [SiH3]N[SiH2]S. The molecule has 0 saturated heterocycles. The van der Waals surface area contributed by atoms with E-state index in [1.54, 1.807) is 0 Å². The molecule has 0 saturated carbocycles. The van der Waals surface area contributed by atoms with Crippen molar-refractivity contribution < 1.29 is 0 Å². The van der Waals surface area contributed by atoms with E-state index >= 15 is 0 Å². The van der Waals surface area contributed by atoms with Gasteiger partial charge in [0.15, 0.2) is 0 Å². The molecule has 0 spiro atoms. The third kappa shape index (κ3) is 2.74. The van der Waals surface area contributed by atoms with Crippen molar-refractivity contribution in [3.63, 3.8) is 0 Å². The molecule has 4 heteroatoms. The Labute approximate surface area is 36.6 Å². The Balaban J connectivity index is 1.97. The lowest BCUT2D eigenvalue weighted by Gasteiger charge is -1.73. The van der Waals surface area contributed by atoms with Gasteiger partial charge in [-0.2, -0.15) is 12.1 Å². The minimum atomic E-state index is -0.0694. The largest absolute Gasteiger partial charge is 0.364 e. The molecule has 0 aromatic carbocycles. The van der Waals surface area contributed by atoms with Crippen LogP contribution >= 0.6 is 12.1 Å². The second-order valence-electron chi connectivity index (χ2n) is 0.512. The molecule has 0 heterocycles. The van der Waals surface area contributed by atoms with E-state index < -0.39 is 0 Å². The Morgan fingerprint density at radius 3 is 2.25 bits per heavy atom. The minimum absolute atomic E-state index is 0.0694. The molecule has 0 fully saturated rings. The quantitative estimate of drug-likeness (QED) is 0.287. The number of hydrogen-bond acceptors (Lipinski definition) is 2. The summed E-state index contributed by atoms with van der Waals surface area (Å²) in [7, 11) is 1.06. The number of hydrogen-bond donors (Lipinski definition) is 2. The molecule has 0 bridgehead atoms. The van der Waals surface area contributed by atoms with Crippen molar-refractivity contribution in [3.05, 3.63) is 0 Å². The number of thiol groups is 1. The fraction of sp³-hybridized carbons (Fsp3) is 0. The van der Waals surface area contributed by atoms with Crippen LogP contribution in [0.4, 0.5) is 0 Å². The summed E-state index contributed by atoms with van der Waals surface area (Å²) >= 11 is 3.98. The fourth-order valence-corrected chi connectivity index (χ4v) is 0. The first-order valence-electron chi connectivity index (χ1n) is 1.17. The summed E-state index contributed by atoms with van der Waals surface area (Å²) in [6.45, 7) is 0. The molecule has 0 aliphatic rings. The minimum Gasteiger partial charge on any atom is -0.364 e. The summed E-state index contributed by atoms with van der Waals surface area (Å²) in [6, 6.07) is 0. The molecule has 0 atom stereocenters. The van der Waals surface area contributed by atoms with Gasteiger partial charge in [-0.1, -0.05) is 0 Å². The Kier molecular flexibility index (Phi) is 4.44. The van der Waals surface area contributed by atoms with Gasteiger partial charge in [-0.25, -0.2) is 0 Å². The molecule has 0 aromatic heterocycles. The molecule has 1 N–H and O–H groups in total. The van der Waals surface area contributed by atoms with Crippen LogP contribution < -0.4 is 4.65 Å². The van der Waals surface area contributed by atoms with Crippen LogP contribution in [0.25, 0.3) is 0 Å². The summed E-state index contributed by atoms with van der Waals surface area (Å²) in [6.07, 6.45) is 0. The fourth-order valence-electron chi connectivity index (χ4n) is 0. The molecule has 1 nitrogen and oxygen atoms in total. The van der Waals surface area contributed by atoms with E-state index in [0.717, 1.165) is 10.4 Å². The maximum absolute atomic E-state index is 3.98. The predicted octanol–water partition coefficient (Wildman–Crippen LogP) is -2.22. The third-order valence-electron chi connectivity index (χ3n) is 0.158. The Hall–Kier alpha value is 0.744. The van der Waals surface area contributed by atoms with Gasteiger partial charge in [0.2, 0.25) is 0 Å². The van der Waals surface area contributed by atoms with Crippen LogP contribution in [0, 0.1) is 0 Å². The van der Waals surface area contributed by atoms with E-state index in [-0.39, 0.29) is 8.83 Å². The van der Waals surface area contributed by atoms with E-state index in [2.05, 4.69) is 16.7 Å². The highest BCUT2D eigenvalue weighted by Crippen LogP contribution is 1.46. The van der Waals surface area contributed by atoms with Crippen molar-refractivity contribution in [2.75, 3.05) is 0 Å².